The van der Waals surface area contributed by atoms with E-state index in [9.17, 15) is 0 Å². The van der Waals surface area contributed by atoms with Crippen LogP contribution in [0, 0.1) is 0 Å². The maximum absolute atomic E-state index is 2.31. The second-order valence-electron chi connectivity index (χ2n) is 10.8. The molecule has 0 saturated carbocycles. The maximum atomic E-state index is 2.31. The molecule has 0 N–H and O–H groups in total. The summed E-state index contributed by atoms with van der Waals surface area (Å²) >= 11 is 0. The summed E-state index contributed by atoms with van der Waals surface area (Å²) in [5.41, 5.74) is 12.2. The summed E-state index contributed by atoms with van der Waals surface area (Å²) in [6.45, 7) is 17.6. The number of hydrogen-bond acceptors (Lipinski definition) is 0. The summed E-state index contributed by atoms with van der Waals surface area (Å²) in [7, 11) is 0. The van der Waals surface area contributed by atoms with Crippen LogP contribution in [-0.2, 0) is 52.4 Å². The summed E-state index contributed by atoms with van der Waals surface area (Å²) in [6, 6.07) is 0. The second kappa shape index (κ2) is 29.3. The first kappa shape index (κ1) is 47.2. The fourth-order valence-electron chi connectivity index (χ4n) is 4.91. The molecule has 0 saturated heterocycles. The van der Waals surface area contributed by atoms with Crippen LogP contribution in [0.4, 0.5) is 0 Å². The molecule has 0 aromatic carbocycles. The Balaban J connectivity index is -0.000000209. The zero-order valence-corrected chi connectivity index (χ0v) is 33.3. The third kappa shape index (κ3) is 22.8. The molecule has 0 aromatic heterocycles. The topological polar surface area (TPSA) is 0 Å². The average Bonchev–Trinajstić information content (AvgIpc) is 3.63. The van der Waals surface area contributed by atoms with E-state index in [-0.39, 0.29) is 77.2 Å². The van der Waals surface area contributed by atoms with Crippen LogP contribution in [0.5, 0.6) is 0 Å². The van der Waals surface area contributed by atoms with Crippen molar-refractivity contribution in [3.63, 3.8) is 0 Å². The van der Waals surface area contributed by atoms with E-state index in [1.165, 1.54) is 99.3 Å². The minimum atomic E-state index is 0. The first-order valence-corrected chi connectivity index (χ1v) is 14.8. The van der Waals surface area contributed by atoms with Gasteiger partial charge in [-0.15, -0.1) is 0 Å². The van der Waals surface area contributed by atoms with Crippen molar-refractivity contribution in [1.29, 1.82) is 0 Å². The Morgan fingerprint density at radius 1 is 0.400 bits per heavy atom. The van der Waals surface area contributed by atoms with Gasteiger partial charge in [-0.2, -0.15) is 0 Å². The Morgan fingerprint density at radius 2 is 0.575 bits per heavy atom. The van der Waals surface area contributed by atoms with Gasteiger partial charge in [0, 0.05) is 52.4 Å². The third-order valence-corrected chi connectivity index (χ3v) is 6.76. The Morgan fingerprint density at radius 3 is 0.675 bits per heavy atom. The molecule has 0 heterocycles. The summed E-state index contributed by atoms with van der Waals surface area (Å²) < 4.78 is 0. The van der Waals surface area contributed by atoms with Gasteiger partial charge in [-0.05, 0) is 79.1 Å². The molecule has 0 amide bonds. The van der Waals surface area contributed by atoms with E-state index in [0.717, 1.165) is 0 Å². The monoisotopic (exact) mass is 738 g/mol. The van der Waals surface area contributed by atoms with Gasteiger partial charge in [0.05, 0.1) is 0 Å². The predicted octanol–water partition coefficient (Wildman–Crippen LogP) is 6.25. The van der Waals surface area contributed by atoms with Crippen molar-refractivity contribution in [2.45, 2.75) is 132 Å². The van der Waals surface area contributed by atoms with Crippen LogP contribution < -0.4 is 24.8 Å². The Kier molecular flexibility index (Phi) is 34.6. The van der Waals surface area contributed by atoms with Gasteiger partial charge in [0.15, 0.2) is 0 Å². The van der Waals surface area contributed by atoms with E-state index < -0.39 is 0 Å². The van der Waals surface area contributed by atoms with Gasteiger partial charge < -0.3 is 24.8 Å². The molecule has 0 unspecified atom stereocenters. The molecule has 0 radical (unpaired) electrons. The summed E-state index contributed by atoms with van der Waals surface area (Å²) in [5, 5.41) is 0. The molecule has 0 bridgehead atoms. The maximum Gasteiger partial charge on any atom is 0 e. The van der Waals surface area contributed by atoms with Gasteiger partial charge in [0.25, 0.3) is 0 Å². The Hall–Kier alpha value is 0.266. The molecule has 0 spiro atoms. The fraction of sp³-hybridized carbons (Fsp3) is 0.556. The van der Waals surface area contributed by atoms with Crippen molar-refractivity contribution < 1.29 is 77.2 Å². The van der Waals surface area contributed by atoms with Crippen molar-refractivity contribution in [3.05, 3.63) is 93.2 Å². The molecule has 40 heavy (non-hydrogen) atoms. The minimum absolute atomic E-state index is 0. The largest absolute Gasteiger partial charge is 1.00 e. The first-order chi connectivity index (χ1) is 17.3. The van der Waals surface area contributed by atoms with Gasteiger partial charge in [-0.3, -0.25) is 0 Å². The van der Waals surface area contributed by atoms with E-state index in [2.05, 4.69) is 104 Å². The van der Waals surface area contributed by atoms with Crippen LogP contribution in [0.25, 0.3) is 0 Å². The SMILES string of the molecule is CCCC1=CC(C)=CC1.CCCC1=CC(C)=CC1.CCCC1=CC(C)=CC1.CCCC1=CC(C)=CC1.[Cl-].[Cl-].[Zr].[Zr]. The zero-order chi connectivity index (χ0) is 26.8. The molecule has 0 fully saturated rings. The van der Waals surface area contributed by atoms with Crippen LogP contribution in [-0.4, -0.2) is 0 Å². The summed E-state index contributed by atoms with van der Waals surface area (Å²) in [6.07, 6.45) is 33.5. The Bertz CT molecular complexity index is 772. The standard InChI is InChI=1S/4C9H14.2ClH.2Zr/c4*1-3-4-9-6-5-8(2)7-9;;;;/h4*5,7H,3-4,6H2,1-2H3;2*1H;;/p-2. The fourth-order valence-corrected chi connectivity index (χ4v) is 4.91. The smallest absolute Gasteiger partial charge is 0 e. The van der Waals surface area contributed by atoms with Crippen molar-refractivity contribution in [1.82, 2.24) is 0 Å². The van der Waals surface area contributed by atoms with Gasteiger partial charge in [-0.1, -0.05) is 147 Å². The van der Waals surface area contributed by atoms with Crippen molar-refractivity contribution in [2.75, 3.05) is 0 Å². The molecule has 0 aromatic rings. The molecule has 4 aliphatic rings. The summed E-state index contributed by atoms with van der Waals surface area (Å²) in [5.74, 6) is 0. The Labute approximate surface area is 300 Å². The molecule has 4 rings (SSSR count). The average molecular weight is 742 g/mol. The zero-order valence-electron chi connectivity index (χ0n) is 26.9. The summed E-state index contributed by atoms with van der Waals surface area (Å²) in [4.78, 5) is 0. The molecular weight excluding hydrogens is 686 g/mol. The molecule has 4 heteroatoms. The molecular formula is C36H56Cl2Zr2-2. The van der Waals surface area contributed by atoms with Crippen molar-refractivity contribution in [3.8, 4) is 0 Å². The number of rotatable bonds is 8. The van der Waals surface area contributed by atoms with E-state index in [0.29, 0.717) is 0 Å². The van der Waals surface area contributed by atoms with Crippen LogP contribution in [0.2, 0.25) is 0 Å². The predicted molar refractivity (Wildman–Crippen MR) is 165 cm³/mol. The van der Waals surface area contributed by atoms with E-state index >= 15 is 0 Å². The molecule has 0 nitrogen and oxygen atoms in total. The second-order valence-corrected chi connectivity index (χ2v) is 10.8. The van der Waals surface area contributed by atoms with Crippen LogP contribution in [0.3, 0.4) is 0 Å². The molecule has 0 atom stereocenters. The normalized spacial score (nSPS) is 15.8. The van der Waals surface area contributed by atoms with Gasteiger partial charge in [0.2, 0.25) is 0 Å². The third-order valence-electron chi connectivity index (χ3n) is 6.76. The van der Waals surface area contributed by atoms with E-state index in [1.807, 2.05) is 0 Å². The van der Waals surface area contributed by atoms with Crippen molar-refractivity contribution >= 4 is 0 Å². The quantitative estimate of drug-likeness (QED) is 0.276. The molecule has 224 valence electrons. The number of halogens is 2. The molecule has 0 aliphatic heterocycles. The van der Waals surface area contributed by atoms with Crippen LogP contribution in [0.15, 0.2) is 93.2 Å². The number of allylic oxidation sites excluding steroid dienone is 16. The van der Waals surface area contributed by atoms with E-state index in [1.54, 1.807) is 22.3 Å². The van der Waals surface area contributed by atoms with Crippen molar-refractivity contribution in [2.24, 2.45) is 0 Å². The van der Waals surface area contributed by atoms with E-state index in [4.69, 9.17) is 0 Å². The van der Waals surface area contributed by atoms with Gasteiger partial charge in [-0.25, -0.2) is 0 Å². The number of hydrogen-bond donors (Lipinski definition) is 0. The molecule has 4 aliphatic carbocycles. The van der Waals surface area contributed by atoms with Crippen LogP contribution in [0.1, 0.15) is 132 Å². The first-order valence-electron chi connectivity index (χ1n) is 14.8. The van der Waals surface area contributed by atoms with Gasteiger partial charge >= 0.3 is 0 Å². The van der Waals surface area contributed by atoms with Gasteiger partial charge in [0.1, 0.15) is 0 Å². The van der Waals surface area contributed by atoms with Crippen LogP contribution >= 0.6 is 0 Å². The minimum Gasteiger partial charge on any atom is -1.00 e.